The van der Waals surface area contributed by atoms with Crippen LogP contribution in [0.3, 0.4) is 0 Å². The molecule has 1 aromatic rings. The van der Waals surface area contributed by atoms with Crippen molar-refractivity contribution in [1.82, 2.24) is 10.2 Å². The van der Waals surface area contributed by atoms with Gasteiger partial charge in [0.15, 0.2) is 0 Å². The number of carbonyl (C=O) groups excluding carboxylic acids is 1. The van der Waals surface area contributed by atoms with Crippen molar-refractivity contribution in [2.24, 2.45) is 5.92 Å². The zero-order chi connectivity index (χ0) is 16.2. The van der Waals surface area contributed by atoms with Gasteiger partial charge in [-0.15, -0.1) is 0 Å². The van der Waals surface area contributed by atoms with Crippen LogP contribution in [0.15, 0.2) is 30.3 Å². The first-order chi connectivity index (χ1) is 10.4. The van der Waals surface area contributed by atoms with Crippen LogP contribution in [0.2, 0.25) is 0 Å². The lowest BCUT2D eigenvalue weighted by atomic mass is 9.85. The number of amides is 2. The average molecular weight is 316 g/mol. The quantitative estimate of drug-likeness (QED) is 0.849. The van der Waals surface area contributed by atoms with Crippen LogP contribution in [0.4, 0.5) is 18.0 Å². The Bertz CT molecular complexity index is 493. The Morgan fingerprint density at radius 3 is 2.64 bits per heavy atom. The lowest BCUT2D eigenvalue weighted by Gasteiger charge is -2.46. The molecule has 2 amide bonds. The van der Waals surface area contributed by atoms with E-state index in [9.17, 15) is 18.0 Å². The molecule has 2 atom stereocenters. The number of alkyl halides is 3. The van der Waals surface area contributed by atoms with Gasteiger partial charge in [-0.2, -0.15) is 13.2 Å². The average Bonchev–Trinajstić information content (AvgIpc) is 2.44. The second-order valence-corrected chi connectivity index (χ2v) is 5.38. The van der Waals surface area contributed by atoms with Gasteiger partial charge in [-0.25, -0.2) is 4.79 Å². The van der Waals surface area contributed by atoms with Gasteiger partial charge in [0.25, 0.3) is 0 Å². The highest BCUT2D eigenvalue weighted by Gasteiger charge is 2.39. The molecule has 1 N–H and O–H groups in total. The maximum absolute atomic E-state index is 12.1. The third-order valence-corrected chi connectivity index (χ3v) is 3.55. The normalized spacial score (nSPS) is 21.4. The number of benzene rings is 1. The van der Waals surface area contributed by atoms with Gasteiger partial charge in [-0.3, -0.25) is 0 Å². The fraction of sp³-hybridized carbons (Fsp3) is 0.533. The number of likely N-dealkylation sites (tertiary alicyclic amines) is 1. The van der Waals surface area contributed by atoms with E-state index in [0.29, 0.717) is 12.5 Å². The monoisotopic (exact) mass is 316 g/mol. The summed E-state index contributed by atoms with van der Waals surface area (Å²) in [6.45, 7) is 1.30. The van der Waals surface area contributed by atoms with E-state index in [0.717, 1.165) is 5.56 Å². The van der Waals surface area contributed by atoms with Gasteiger partial charge >= 0.3 is 12.2 Å². The number of hydrogen-bond donors (Lipinski definition) is 1. The molecule has 1 aromatic carbocycles. The lowest BCUT2D eigenvalue weighted by Crippen LogP contribution is -2.55. The summed E-state index contributed by atoms with van der Waals surface area (Å²) in [7, 11) is 0. The van der Waals surface area contributed by atoms with Crippen molar-refractivity contribution in [2.75, 3.05) is 26.3 Å². The van der Waals surface area contributed by atoms with Gasteiger partial charge < -0.3 is 15.0 Å². The molecule has 0 saturated carbocycles. The van der Waals surface area contributed by atoms with Gasteiger partial charge in [0.05, 0.1) is 12.6 Å². The van der Waals surface area contributed by atoms with Crippen LogP contribution in [-0.4, -0.2) is 43.4 Å². The van der Waals surface area contributed by atoms with E-state index in [1.807, 2.05) is 30.3 Å². The first-order valence-corrected chi connectivity index (χ1v) is 7.12. The van der Waals surface area contributed by atoms with Gasteiger partial charge in [0, 0.05) is 13.1 Å². The summed E-state index contributed by atoms with van der Waals surface area (Å²) < 4.78 is 40.1. The molecule has 122 valence electrons. The fourth-order valence-electron chi connectivity index (χ4n) is 2.58. The van der Waals surface area contributed by atoms with Crippen LogP contribution in [0, 0.1) is 5.92 Å². The minimum atomic E-state index is -4.34. The van der Waals surface area contributed by atoms with Crippen LogP contribution in [0.5, 0.6) is 0 Å². The van der Waals surface area contributed by atoms with Gasteiger partial charge in [0.2, 0.25) is 0 Å². The third-order valence-electron chi connectivity index (χ3n) is 3.55. The molecular weight excluding hydrogens is 297 g/mol. The Kier molecular flexibility index (Phi) is 5.28. The van der Waals surface area contributed by atoms with E-state index in [1.165, 1.54) is 0 Å². The lowest BCUT2D eigenvalue weighted by molar-refractivity contribution is -0.173. The number of urea groups is 1. The Hall–Kier alpha value is -1.76. The maximum Gasteiger partial charge on any atom is 0.411 e. The fourth-order valence-corrected chi connectivity index (χ4v) is 2.58. The summed E-state index contributed by atoms with van der Waals surface area (Å²) in [6, 6.07) is 9.41. The molecule has 2 rings (SSSR count). The molecule has 0 spiro atoms. The second kappa shape index (κ2) is 7.00. The molecule has 1 heterocycles. The number of ether oxygens (including phenoxy) is 1. The van der Waals surface area contributed by atoms with E-state index in [2.05, 4.69) is 17.0 Å². The molecule has 7 heteroatoms. The first kappa shape index (κ1) is 16.6. The van der Waals surface area contributed by atoms with Gasteiger partial charge in [-0.05, 0) is 11.5 Å². The smallest absolute Gasteiger partial charge is 0.370 e. The van der Waals surface area contributed by atoms with Crippen molar-refractivity contribution in [3.05, 3.63) is 35.9 Å². The molecular formula is C15H19F3N2O2. The zero-order valence-electron chi connectivity index (χ0n) is 12.3. The largest absolute Gasteiger partial charge is 0.411 e. The Balaban J connectivity index is 1.76. The highest BCUT2D eigenvalue weighted by molar-refractivity contribution is 5.75. The predicted molar refractivity (Wildman–Crippen MR) is 75.3 cm³/mol. The van der Waals surface area contributed by atoms with Crippen LogP contribution in [0.25, 0.3) is 0 Å². The molecule has 1 aliphatic heterocycles. The molecule has 1 aliphatic rings. The first-order valence-electron chi connectivity index (χ1n) is 7.12. The van der Waals surface area contributed by atoms with E-state index in [-0.39, 0.29) is 25.2 Å². The summed E-state index contributed by atoms with van der Waals surface area (Å²) >= 11 is 0. The highest BCUT2D eigenvalue weighted by atomic mass is 19.4. The molecule has 4 nitrogen and oxygen atoms in total. The minimum Gasteiger partial charge on any atom is -0.370 e. The van der Waals surface area contributed by atoms with Crippen molar-refractivity contribution in [3.63, 3.8) is 0 Å². The summed E-state index contributed by atoms with van der Waals surface area (Å²) in [6.07, 6.45) is -4.34. The van der Waals surface area contributed by atoms with Crippen molar-refractivity contribution in [2.45, 2.75) is 19.1 Å². The summed E-state index contributed by atoms with van der Waals surface area (Å²) in [5, 5.41) is 2.59. The summed E-state index contributed by atoms with van der Waals surface area (Å²) in [5.41, 5.74) is 1.06. The molecule has 1 saturated heterocycles. The maximum atomic E-state index is 12.1. The van der Waals surface area contributed by atoms with E-state index >= 15 is 0 Å². The molecule has 0 unspecified atom stereocenters. The van der Waals surface area contributed by atoms with Crippen LogP contribution >= 0.6 is 0 Å². The van der Waals surface area contributed by atoms with E-state index in [1.54, 1.807) is 4.90 Å². The number of nitrogens with one attached hydrogen (secondary N) is 1. The zero-order valence-corrected chi connectivity index (χ0v) is 12.3. The van der Waals surface area contributed by atoms with Crippen molar-refractivity contribution >= 4 is 6.03 Å². The molecule has 0 radical (unpaired) electrons. The molecule has 0 aromatic heterocycles. The Morgan fingerprint density at radius 1 is 1.36 bits per heavy atom. The molecule has 0 bridgehead atoms. The number of carbonyl (C=O) groups is 1. The van der Waals surface area contributed by atoms with Crippen LogP contribution < -0.4 is 5.32 Å². The third kappa shape index (κ3) is 4.37. The minimum absolute atomic E-state index is 0.0114. The SMILES string of the molecule is C[C@@H]1CN(C(=O)NCCOCC(F)(F)F)[C@H]1c1ccccc1. The number of rotatable bonds is 5. The Labute approximate surface area is 127 Å². The van der Waals surface area contributed by atoms with Crippen molar-refractivity contribution in [3.8, 4) is 0 Å². The van der Waals surface area contributed by atoms with Crippen molar-refractivity contribution in [1.29, 1.82) is 0 Å². The second-order valence-electron chi connectivity index (χ2n) is 5.38. The van der Waals surface area contributed by atoms with E-state index in [4.69, 9.17) is 0 Å². The standard InChI is InChI=1S/C15H19F3N2O2/c1-11-9-20(13(11)12-5-3-2-4-6-12)14(21)19-7-8-22-10-15(16,17)18/h2-6,11,13H,7-10H2,1H3,(H,19,21)/t11-,13-/m1/s1. The molecule has 1 fully saturated rings. The molecule has 22 heavy (non-hydrogen) atoms. The summed E-state index contributed by atoms with van der Waals surface area (Å²) in [4.78, 5) is 13.7. The number of nitrogens with zero attached hydrogens (tertiary/aromatic N) is 1. The van der Waals surface area contributed by atoms with Crippen LogP contribution in [0.1, 0.15) is 18.5 Å². The number of hydrogen-bond acceptors (Lipinski definition) is 2. The molecule has 0 aliphatic carbocycles. The van der Waals surface area contributed by atoms with Crippen molar-refractivity contribution < 1.29 is 22.7 Å². The predicted octanol–water partition coefficient (Wildman–Crippen LogP) is 2.97. The topological polar surface area (TPSA) is 41.6 Å². The van der Waals surface area contributed by atoms with E-state index < -0.39 is 12.8 Å². The Morgan fingerprint density at radius 2 is 2.05 bits per heavy atom. The van der Waals surface area contributed by atoms with Gasteiger partial charge in [0.1, 0.15) is 6.61 Å². The number of halogens is 3. The van der Waals surface area contributed by atoms with Gasteiger partial charge in [-0.1, -0.05) is 37.3 Å². The highest BCUT2D eigenvalue weighted by Crippen LogP contribution is 2.38. The summed E-state index contributed by atoms with van der Waals surface area (Å²) in [5.74, 6) is 0.356. The van der Waals surface area contributed by atoms with Crippen LogP contribution in [-0.2, 0) is 4.74 Å².